The van der Waals surface area contributed by atoms with Crippen LogP contribution >= 0.6 is 0 Å². The minimum atomic E-state index is -0.461. The highest BCUT2D eigenvalue weighted by Gasteiger charge is 2.20. The number of methoxy groups -OCH3 is 1. The average molecular weight is 198 g/mol. The summed E-state index contributed by atoms with van der Waals surface area (Å²) < 4.78 is 4.58. The predicted octanol–water partition coefficient (Wildman–Crippen LogP) is -0.0858. The van der Waals surface area contributed by atoms with Crippen molar-refractivity contribution in [3.8, 4) is 0 Å². The Morgan fingerprint density at radius 2 is 2.36 bits per heavy atom. The molecule has 1 heterocycles. The lowest BCUT2D eigenvalue weighted by Crippen LogP contribution is -2.17. The number of aromatic amines is 1. The second kappa shape index (κ2) is 4.71. The second-order valence-corrected chi connectivity index (χ2v) is 3.01. The minimum absolute atomic E-state index is 0.118. The zero-order valence-electron chi connectivity index (χ0n) is 8.50. The zero-order chi connectivity index (χ0) is 10.6. The molecule has 0 spiro atoms. The van der Waals surface area contributed by atoms with Crippen LogP contribution in [0.5, 0.6) is 0 Å². The molecule has 0 saturated heterocycles. The molecule has 0 saturated carbocycles. The number of hydrogen-bond acceptors (Lipinski definition) is 5. The fourth-order valence-corrected chi connectivity index (χ4v) is 1.23. The van der Waals surface area contributed by atoms with Crippen molar-refractivity contribution in [3.63, 3.8) is 0 Å². The molecule has 6 heteroatoms. The molecule has 2 N–H and O–H groups in total. The lowest BCUT2D eigenvalue weighted by molar-refractivity contribution is 0.0592. The Bertz CT molecular complexity index is 310. The van der Waals surface area contributed by atoms with Gasteiger partial charge in [-0.3, -0.25) is 0 Å². The van der Waals surface area contributed by atoms with Crippen LogP contribution in [0.15, 0.2) is 0 Å². The SMILES string of the molecule is CNCC(C)c1n[nH]nc1C(=O)OC. The summed E-state index contributed by atoms with van der Waals surface area (Å²) in [4.78, 5) is 11.2. The molecule has 0 aromatic carbocycles. The zero-order valence-corrected chi connectivity index (χ0v) is 8.50. The van der Waals surface area contributed by atoms with E-state index >= 15 is 0 Å². The summed E-state index contributed by atoms with van der Waals surface area (Å²) >= 11 is 0. The number of carbonyl (C=O) groups excluding carboxylic acids is 1. The van der Waals surface area contributed by atoms with Crippen molar-refractivity contribution in [2.75, 3.05) is 20.7 Å². The highest BCUT2D eigenvalue weighted by atomic mass is 16.5. The maximum Gasteiger partial charge on any atom is 0.360 e. The summed E-state index contributed by atoms with van der Waals surface area (Å²) in [7, 11) is 3.16. The number of likely N-dealkylation sites (N-methyl/N-ethyl adjacent to an activating group) is 1. The van der Waals surface area contributed by atoms with Crippen LogP contribution in [0.1, 0.15) is 29.0 Å². The van der Waals surface area contributed by atoms with Crippen molar-refractivity contribution in [2.45, 2.75) is 12.8 Å². The molecular formula is C8H14N4O2. The highest BCUT2D eigenvalue weighted by molar-refractivity contribution is 5.88. The quantitative estimate of drug-likeness (QED) is 0.661. The number of esters is 1. The largest absolute Gasteiger partial charge is 0.464 e. The number of nitrogens with one attached hydrogen (secondary N) is 2. The molecule has 0 fully saturated rings. The third-order valence-electron chi connectivity index (χ3n) is 1.93. The van der Waals surface area contributed by atoms with Crippen molar-refractivity contribution in [3.05, 3.63) is 11.4 Å². The minimum Gasteiger partial charge on any atom is -0.464 e. The Morgan fingerprint density at radius 3 is 2.93 bits per heavy atom. The van der Waals surface area contributed by atoms with Crippen molar-refractivity contribution in [1.29, 1.82) is 0 Å². The summed E-state index contributed by atoms with van der Waals surface area (Å²) in [6, 6.07) is 0. The first-order chi connectivity index (χ1) is 6.70. The van der Waals surface area contributed by atoms with E-state index in [9.17, 15) is 4.79 Å². The summed E-state index contributed by atoms with van der Waals surface area (Å²) in [5.41, 5.74) is 0.890. The van der Waals surface area contributed by atoms with Gasteiger partial charge in [0.1, 0.15) is 5.69 Å². The molecule has 0 radical (unpaired) electrons. The standard InChI is InChI=1S/C8H14N4O2/c1-5(4-9-2)6-7(8(13)14-3)11-12-10-6/h5,9H,4H2,1-3H3,(H,10,11,12). The van der Waals surface area contributed by atoms with Gasteiger partial charge in [0.2, 0.25) is 0 Å². The molecule has 0 amide bonds. The van der Waals surface area contributed by atoms with Crippen LogP contribution in [0.25, 0.3) is 0 Å². The van der Waals surface area contributed by atoms with Gasteiger partial charge < -0.3 is 10.1 Å². The van der Waals surface area contributed by atoms with Crippen molar-refractivity contribution in [2.24, 2.45) is 0 Å². The number of carbonyl (C=O) groups is 1. The van der Waals surface area contributed by atoms with Crippen molar-refractivity contribution in [1.82, 2.24) is 20.7 Å². The Hall–Kier alpha value is -1.43. The molecule has 0 aliphatic rings. The first-order valence-electron chi connectivity index (χ1n) is 4.34. The van der Waals surface area contributed by atoms with Gasteiger partial charge in [0.25, 0.3) is 0 Å². The monoisotopic (exact) mass is 198 g/mol. The van der Waals surface area contributed by atoms with E-state index in [0.29, 0.717) is 5.69 Å². The molecule has 14 heavy (non-hydrogen) atoms. The van der Waals surface area contributed by atoms with Gasteiger partial charge in [-0.05, 0) is 7.05 Å². The highest BCUT2D eigenvalue weighted by Crippen LogP contribution is 2.14. The summed E-state index contributed by atoms with van der Waals surface area (Å²) in [5, 5.41) is 13.1. The Morgan fingerprint density at radius 1 is 1.64 bits per heavy atom. The van der Waals surface area contributed by atoms with E-state index in [1.807, 2.05) is 14.0 Å². The van der Waals surface area contributed by atoms with Gasteiger partial charge >= 0.3 is 5.97 Å². The third-order valence-corrected chi connectivity index (χ3v) is 1.93. The molecule has 0 aliphatic heterocycles. The molecule has 1 rings (SSSR count). The summed E-state index contributed by atoms with van der Waals surface area (Å²) in [5.74, 6) is -0.343. The first kappa shape index (κ1) is 10.6. The summed E-state index contributed by atoms with van der Waals surface area (Å²) in [6.07, 6.45) is 0. The second-order valence-electron chi connectivity index (χ2n) is 3.01. The van der Waals surface area contributed by atoms with E-state index in [1.165, 1.54) is 7.11 Å². The molecule has 1 aromatic heterocycles. The van der Waals surface area contributed by atoms with Crippen LogP contribution in [0.3, 0.4) is 0 Å². The summed E-state index contributed by atoms with van der Waals surface area (Å²) in [6.45, 7) is 2.69. The number of H-pyrrole nitrogens is 1. The van der Waals surface area contributed by atoms with Gasteiger partial charge in [-0.15, -0.1) is 5.10 Å². The molecule has 1 aromatic rings. The van der Waals surface area contributed by atoms with E-state index in [1.54, 1.807) is 0 Å². The van der Waals surface area contributed by atoms with Crippen molar-refractivity contribution >= 4 is 5.97 Å². The molecule has 0 aliphatic carbocycles. The Kier molecular flexibility index (Phi) is 3.58. The molecular weight excluding hydrogens is 184 g/mol. The van der Waals surface area contributed by atoms with Crippen LogP contribution in [0.2, 0.25) is 0 Å². The average Bonchev–Trinajstić information content (AvgIpc) is 2.65. The number of hydrogen-bond donors (Lipinski definition) is 2. The van der Waals surface area contributed by atoms with Crippen LogP contribution < -0.4 is 5.32 Å². The predicted molar refractivity (Wildman–Crippen MR) is 50.1 cm³/mol. The van der Waals surface area contributed by atoms with Crippen LogP contribution in [-0.2, 0) is 4.74 Å². The van der Waals surface area contributed by atoms with Gasteiger partial charge in [-0.2, -0.15) is 10.3 Å². The van der Waals surface area contributed by atoms with E-state index in [4.69, 9.17) is 0 Å². The smallest absolute Gasteiger partial charge is 0.360 e. The van der Waals surface area contributed by atoms with E-state index in [-0.39, 0.29) is 11.6 Å². The number of rotatable bonds is 4. The van der Waals surface area contributed by atoms with Gasteiger partial charge in [-0.25, -0.2) is 4.79 Å². The number of aromatic nitrogens is 3. The fraction of sp³-hybridized carbons (Fsp3) is 0.625. The normalized spacial score (nSPS) is 12.5. The van der Waals surface area contributed by atoms with Crippen LogP contribution in [0.4, 0.5) is 0 Å². The number of nitrogens with zero attached hydrogens (tertiary/aromatic N) is 2. The Labute approximate surface area is 82.0 Å². The first-order valence-corrected chi connectivity index (χ1v) is 4.34. The van der Waals surface area contributed by atoms with Gasteiger partial charge in [0.05, 0.1) is 7.11 Å². The lowest BCUT2D eigenvalue weighted by atomic mass is 10.1. The molecule has 78 valence electrons. The topological polar surface area (TPSA) is 79.9 Å². The lowest BCUT2D eigenvalue weighted by Gasteiger charge is -2.07. The van der Waals surface area contributed by atoms with Gasteiger partial charge in [-0.1, -0.05) is 6.92 Å². The molecule has 6 nitrogen and oxygen atoms in total. The molecule has 0 bridgehead atoms. The maximum atomic E-state index is 11.2. The van der Waals surface area contributed by atoms with Crippen molar-refractivity contribution < 1.29 is 9.53 Å². The molecule has 1 unspecified atom stereocenters. The third kappa shape index (κ3) is 2.08. The van der Waals surface area contributed by atoms with Gasteiger partial charge in [0, 0.05) is 12.5 Å². The van der Waals surface area contributed by atoms with Crippen LogP contribution in [0, 0.1) is 0 Å². The fourth-order valence-electron chi connectivity index (χ4n) is 1.23. The van der Waals surface area contributed by atoms with Gasteiger partial charge in [0.15, 0.2) is 5.69 Å². The van der Waals surface area contributed by atoms with Crippen LogP contribution in [-0.4, -0.2) is 42.1 Å². The van der Waals surface area contributed by atoms with E-state index in [2.05, 4.69) is 25.5 Å². The number of ether oxygens (including phenoxy) is 1. The van der Waals surface area contributed by atoms with E-state index in [0.717, 1.165) is 6.54 Å². The van der Waals surface area contributed by atoms with E-state index < -0.39 is 5.97 Å². The maximum absolute atomic E-state index is 11.2. The molecule has 1 atom stereocenters. The Balaban J connectivity index is 2.86.